The van der Waals surface area contributed by atoms with E-state index in [1.165, 1.54) is 0 Å². The van der Waals surface area contributed by atoms with Crippen molar-refractivity contribution in [2.45, 2.75) is 92.2 Å². The lowest BCUT2D eigenvalue weighted by atomic mass is 9.47. The molecule has 0 aromatic rings. The average Bonchev–Trinajstić information content (AvgIpc) is 3.50. The maximum Gasteiger partial charge on any atom is 0.202 e. The second-order valence-electron chi connectivity index (χ2n) is 9.22. The van der Waals surface area contributed by atoms with Gasteiger partial charge in [0.2, 0.25) is 5.78 Å². The number of hydrogen-bond acceptors (Lipinski definition) is 6. The molecule has 0 aromatic heterocycles. The quantitative estimate of drug-likeness (QED) is 0.645. The van der Waals surface area contributed by atoms with Crippen molar-refractivity contribution < 1.29 is 28.5 Å². The zero-order valence-electron chi connectivity index (χ0n) is 16.1. The molecule has 0 N–H and O–H groups in total. The van der Waals surface area contributed by atoms with Gasteiger partial charge in [-0.25, -0.2) is 0 Å². The van der Waals surface area contributed by atoms with Gasteiger partial charge in [0, 0.05) is 33.0 Å². The van der Waals surface area contributed by atoms with Gasteiger partial charge in [0.1, 0.15) is 16.8 Å². The van der Waals surface area contributed by atoms with Crippen molar-refractivity contribution in [3.8, 4) is 0 Å². The number of carbonyl (C=O) groups excluding carboxylic acids is 1. The summed E-state index contributed by atoms with van der Waals surface area (Å²) in [5.41, 5.74) is -4.04. The molecule has 0 aromatic carbocycles. The summed E-state index contributed by atoms with van der Waals surface area (Å²) in [5.74, 6) is 0.0925. The Morgan fingerprint density at radius 2 is 0.852 bits per heavy atom. The maximum atomic E-state index is 14.4. The van der Waals surface area contributed by atoms with Crippen LogP contribution in [0.3, 0.4) is 0 Å². The standard InChI is InChI=1S/C21H30O6/c22-16-17(6-1-11-23-17)19(8-3-13-25-19)21(10-5-15-27-21)20(9-4-14-26-20)18(16)7-2-12-24-18/h1-15H2/t17-,18-,19-,20+,21?/m1/s1. The van der Waals surface area contributed by atoms with Crippen molar-refractivity contribution in [2.24, 2.45) is 0 Å². The molecular weight excluding hydrogens is 348 g/mol. The predicted octanol–water partition coefficient (Wildman–Crippen LogP) is 2.32. The van der Waals surface area contributed by atoms with Gasteiger partial charge >= 0.3 is 0 Å². The van der Waals surface area contributed by atoms with E-state index in [1.807, 2.05) is 0 Å². The van der Waals surface area contributed by atoms with Crippen molar-refractivity contribution >= 4 is 5.78 Å². The summed E-state index contributed by atoms with van der Waals surface area (Å²) in [5, 5.41) is 0. The number of carbonyl (C=O) groups is 1. The second-order valence-corrected chi connectivity index (χ2v) is 9.22. The number of Topliss-reactive ketones (excluding diaryl/α,β-unsaturated/α-hetero) is 1. The van der Waals surface area contributed by atoms with Gasteiger partial charge in [-0.15, -0.1) is 0 Å². The molecule has 6 heteroatoms. The average molecular weight is 378 g/mol. The second kappa shape index (κ2) is 5.54. The molecule has 1 unspecified atom stereocenters. The Balaban J connectivity index is 1.66. The highest BCUT2D eigenvalue weighted by molar-refractivity contribution is 6.00. The lowest BCUT2D eigenvalue weighted by Gasteiger charge is -2.67. The third-order valence-corrected chi connectivity index (χ3v) is 8.45. The van der Waals surface area contributed by atoms with Crippen LogP contribution < -0.4 is 0 Å². The maximum absolute atomic E-state index is 14.4. The summed E-state index contributed by atoms with van der Waals surface area (Å²) < 4.78 is 32.8. The van der Waals surface area contributed by atoms with Crippen LogP contribution in [0.2, 0.25) is 0 Å². The molecular formula is C21H30O6. The van der Waals surface area contributed by atoms with E-state index in [4.69, 9.17) is 23.7 Å². The van der Waals surface area contributed by atoms with Gasteiger partial charge in [-0.05, 0) is 64.2 Å². The molecule has 5 heterocycles. The zero-order valence-corrected chi connectivity index (χ0v) is 16.1. The number of fused-ring (bicyclic) bond motifs is 4. The largest absolute Gasteiger partial charge is 0.369 e. The van der Waals surface area contributed by atoms with Crippen LogP contribution in [-0.4, -0.2) is 66.8 Å². The fourth-order valence-corrected chi connectivity index (χ4v) is 7.78. The topological polar surface area (TPSA) is 63.2 Å². The summed E-state index contributed by atoms with van der Waals surface area (Å²) in [7, 11) is 0. The molecule has 0 radical (unpaired) electrons. The van der Waals surface area contributed by atoms with Crippen LogP contribution >= 0.6 is 0 Å². The molecule has 6 nitrogen and oxygen atoms in total. The molecule has 5 aliphatic heterocycles. The Kier molecular flexibility index (Phi) is 3.56. The third kappa shape index (κ3) is 1.64. The van der Waals surface area contributed by atoms with E-state index < -0.39 is 28.0 Å². The number of rotatable bonds is 0. The first kappa shape index (κ1) is 17.3. The Labute approximate surface area is 160 Å². The fourth-order valence-electron chi connectivity index (χ4n) is 7.78. The fraction of sp³-hybridized carbons (Fsp3) is 0.952. The lowest BCUT2D eigenvalue weighted by Crippen LogP contribution is -2.89. The van der Waals surface area contributed by atoms with Gasteiger partial charge < -0.3 is 23.7 Å². The van der Waals surface area contributed by atoms with E-state index in [2.05, 4.69) is 0 Å². The molecule has 6 fully saturated rings. The van der Waals surface area contributed by atoms with E-state index >= 15 is 0 Å². The van der Waals surface area contributed by atoms with Crippen LogP contribution in [0.4, 0.5) is 0 Å². The lowest BCUT2D eigenvalue weighted by molar-refractivity contribution is -0.353. The van der Waals surface area contributed by atoms with Crippen molar-refractivity contribution in [2.75, 3.05) is 33.0 Å². The smallest absolute Gasteiger partial charge is 0.202 e. The number of hydrogen-bond donors (Lipinski definition) is 0. The van der Waals surface area contributed by atoms with Gasteiger partial charge in [-0.1, -0.05) is 0 Å². The molecule has 6 rings (SSSR count). The Hall–Kier alpha value is -0.530. The van der Waals surface area contributed by atoms with Gasteiger partial charge in [0.05, 0.1) is 0 Å². The monoisotopic (exact) mass is 378 g/mol. The zero-order chi connectivity index (χ0) is 18.2. The first-order chi connectivity index (χ1) is 13.2. The van der Waals surface area contributed by atoms with Crippen molar-refractivity contribution in [3.05, 3.63) is 0 Å². The molecule has 150 valence electrons. The molecule has 5 atom stereocenters. The Morgan fingerprint density at radius 3 is 1.19 bits per heavy atom. The van der Waals surface area contributed by atoms with Crippen LogP contribution in [0.5, 0.6) is 0 Å². The summed E-state index contributed by atoms with van der Waals surface area (Å²) >= 11 is 0. The first-order valence-corrected chi connectivity index (χ1v) is 10.9. The number of ether oxygens (including phenoxy) is 5. The molecule has 1 saturated carbocycles. The number of ketones is 1. The highest BCUT2D eigenvalue weighted by Crippen LogP contribution is 2.69. The van der Waals surface area contributed by atoms with Crippen molar-refractivity contribution in [1.29, 1.82) is 0 Å². The summed E-state index contributed by atoms with van der Waals surface area (Å²) in [6, 6.07) is 0. The van der Waals surface area contributed by atoms with E-state index in [9.17, 15) is 4.79 Å². The molecule has 6 aliphatic rings. The Morgan fingerprint density at radius 1 is 0.481 bits per heavy atom. The molecule has 5 saturated heterocycles. The summed E-state index contributed by atoms with van der Waals surface area (Å²) in [6.07, 6.45) is 8.50. The minimum atomic E-state index is -0.949. The molecule has 27 heavy (non-hydrogen) atoms. The summed E-state index contributed by atoms with van der Waals surface area (Å²) in [4.78, 5) is 14.4. The van der Waals surface area contributed by atoms with Crippen molar-refractivity contribution in [1.82, 2.24) is 0 Å². The minimum absolute atomic E-state index is 0.0925. The molecule has 0 amide bonds. The predicted molar refractivity (Wildman–Crippen MR) is 94.6 cm³/mol. The van der Waals surface area contributed by atoms with Gasteiger partial charge in [0.25, 0.3) is 0 Å². The van der Waals surface area contributed by atoms with Crippen LogP contribution in [0, 0.1) is 0 Å². The van der Waals surface area contributed by atoms with E-state index in [0.29, 0.717) is 45.9 Å². The third-order valence-electron chi connectivity index (χ3n) is 8.45. The van der Waals surface area contributed by atoms with E-state index in [0.717, 1.165) is 51.4 Å². The van der Waals surface area contributed by atoms with E-state index in [1.54, 1.807) is 0 Å². The van der Waals surface area contributed by atoms with Crippen LogP contribution in [0.1, 0.15) is 64.2 Å². The minimum Gasteiger partial charge on any atom is -0.369 e. The molecule has 5 spiro atoms. The summed E-state index contributed by atoms with van der Waals surface area (Å²) in [6.45, 7) is 3.23. The van der Waals surface area contributed by atoms with Crippen molar-refractivity contribution in [3.63, 3.8) is 0 Å². The van der Waals surface area contributed by atoms with E-state index in [-0.39, 0.29) is 5.78 Å². The molecule has 1 aliphatic carbocycles. The highest BCUT2D eigenvalue weighted by Gasteiger charge is 2.88. The van der Waals surface area contributed by atoms with Crippen LogP contribution in [0.15, 0.2) is 0 Å². The highest BCUT2D eigenvalue weighted by atomic mass is 16.6. The van der Waals surface area contributed by atoms with Crippen LogP contribution in [-0.2, 0) is 28.5 Å². The van der Waals surface area contributed by atoms with Gasteiger partial charge in [-0.2, -0.15) is 0 Å². The Bertz CT molecular complexity index is 579. The van der Waals surface area contributed by atoms with Gasteiger partial charge in [-0.3, -0.25) is 4.79 Å². The van der Waals surface area contributed by atoms with Gasteiger partial charge in [0.15, 0.2) is 11.2 Å². The first-order valence-electron chi connectivity index (χ1n) is 10.9. The molecule has 0 bridgehead atoms. The normalized spacial score (nSPS) is 54.7. The SMILES string of the molecule is O=C1[C@]2(CCCO2)[C@]2(CCCO2)C2(CCCO2)[C@]2(CCCO2)[C@@]12CCCO2. The van der Waals surface area contributed by atoms with Crippen LogP contribution in [0.25, 0.3) is 0 Å².